The van der Waals surface area contributed by atoms with E-state index in [4.69, 9.17) is 14.5 Å². The van der Waals surface area contributed by atoms with Crippen LogP contribution in [0.4, 0.5) is 4.39 Å². The number of nitrogens with one attached hydrogen (secondary N) is 1. The fourth-order valence-corrected chi connectivity index (χ4v) is 7.40. The predicted molar refractivity (Wildman–Crippen MR) is 83.1 cm³/mol. The van der Waals surface area contributed by atoms with Gasteiger partial charge in [0, 0.05) is 11.6 Å². The maximum Gasteiger partial charge on any atom is 0.492 e. The molecule has 1 aromatic rings. The summed E-state index contributed by atoms with van der Waals surface area (Å²) in [4.78, 5) is 31.2. The summed E-state index contributed by atoms with van der Waals surface area (Å²) in [6.07, 6.45) is -6.40. The Kier molecular flexibility index (Phi) is 5.85. The largest absolute Gasteiger partial charge is 0.492 e. The van der Waals surface area contributed by atoms with Gasteiger partial charge < -0.3 is 24.7 Å². The molecule has 2 fully saturated rings. The first kappa shape index (κ1) is 21.9. The van der Waals surface area contributed by atoms with E-state index in [9.17, 15) is 33.1 Å². The van der Waals surface area contributed by atoms with E-state index < -0.39 is 66.0 Å². The van der Waals surface area contributed by atoms with E-state index in [2.05, 4.69) is 17.5 Å². The molecule has 4 unspecified atom stereocenters. The van der Waals surface area contributed by atoms with Crippen molar-refractivity contribution in [3.8, 4) is 0 Å². The summed E-state index contributed by atoms with van der Waals surface area (Å²) in [5.74, 6) is -1.13. The Balaban J connectivity index is 1.73. The van der Waals surface area contributed by atoms with Gasteiger partial charge in [0.15, 0.2) is 5.95 Å². The van der Waals surface area contributed by atoms with Crippen LogP contribution in [0.25, 0.3) is 0 Å². The third-order valence-electron chi connectivity index (χ3n) is 3.58. The van der Waals surface area contributed by atoms with Gasteiger partial charge >= 0.3 is 23.5 Å². The van der Waals surface area contributed by atoms with Crippen molar-refractivity contribution < 1.29 is 60.3 Å². The molecule has 0 spiro atoms. The molecule has 14 nitrogen and oxygen atoms in total. The van der Waals surface area contributed by atoms with Gasteiger partial charge in [0.25, 0.3) is 0 Å². The fourth-order valence-electron chi connectivity index (χ4n) is 2.46. The number of halogens is 1. The van der Waals surface area contributed by atoms with Crippen LogP contribution >= 0.6 is 23.5 Å². The molecule has 3 rings (SSSR count). The smallest absolute Gasteiger partial charge is 0.387 e. The van der Waals surface area contributed by atoms with Gasteiger partial charge in [-0.1, -0.05) is 0 Å². The molecule has 18 heteroatoms. The lowest BCUT2D eigenvalue weighted by atomic mass is 10.0. The summed E-state index contributed by atoms with van der Waals surface area (Å²) in [6, 6.07) is 1.96. The summed E-state index contributed by atoms with van der Waals surface area (Å²) in [6.45, 7) is -0.934. The van der Waals surface area contributed by atoms with Crippen molar-refractivity contribution in [2.75, 3.05) is 6.61 Å². The van der Waals surface area contributed by atoms with Gasteiger partial charge in [-0.15, -0.1) is 0 Å². The highest BCUT2D eigenvalue weighted by molar-refractivity contribution is 7.74. The third-order valence-corrected chi connectivity index (χ3v) is 8.95. The van der Waals surface area contributed by atoms with Crippen LogP contribution in [0.2, 0.25) is 0 Å². The van der Waals surface area contributed by atoms with E-state index in [0.29, 0.717) is 0 Å². The summed E-state index contributed by atoms with van der Waals surface area (Å²) in [5.41, 5.74) is -1.07. The van der Waals surface area contributed by atoms with Gasteiger partial charge in [0.05, 0.1) is 6.61 Å². The van der Waals surface area contributed by atoms with Crippen LogP contribution in [0.1, 0.15) is 11.7 Å². The number of H-pyrrole nitrogens is 1. The highest BCUT2D eigenvalue weighted by atomic mass is 31.3. The lowest BCUT2D eigenvalue weighted by molar-refractivity contribution is -0.0241. The van der Waals surface area contributed by atoms with Gasteiger partial charge in [-0.2, -0.15) is 17.3 Å². The number of ether oxygens (including phenoxy) is 1. The van der Waals surface area contributed by atoms with E-state index in [-0.39, 0.29) is 5.56 Å². The minimum Gasteiger partial charge on any atom is -0.387 e. The van der Waals surface area contributed by atoms with Gasteiger partial charge in [-0.3, -0.25) is 14.3 Å². The number of hydrogen-bond donors (Lipinski definition) is 5. The Hall–Kier alpha value is -0.790. The number of aliphatic hydroxyl groups is 2. The first-order valence-electron chi connectivity index (χ1n) is 7.25. The van der Waals surface area contributed by atoms with E-state index >= 15 is 0 Å². The molecule has 0 aliphatic carbocycles. The van der Waals surface area contributed by atoms with E-state index in [1.165, 1.54) is 0 Å². The normalized spacial score (nSPS) is 43.9. The molecule has 5 N–H and O–H groups in total. The van der Waals surface area contributed by atoms with Crippen molar-refractivity contribution in [2.45, 2.75) is 24.4 Å². The Morgan fingerprint density at radius 3 is 2.25 bits per heavy atom. The lowest BCUT2D eigenvalue weighted by Gasteiger charge is -2.27. The van der Waals surface area contributed by atoms with Crippen molar-refractivity contribution in [1.82, 2.24) is 4.98 Å². The quantitative estimate of drug-likeness (QED) is 0.293. The molecule has 0 radical (unpaired) electrons. The van der Waals surface area contributed by atoms with E-state index in [0.717, 1.165) is 12.1 Å². The SMILES string of the molecule is O=c1ccc([C@@H]2O[C@H](COP3(=O)OP(=O)(O)OP(=O)(O)O3)C(O)C2O)c(F)[nH]1. The van der Waals surface area contributed by atoms with Crippen molar-refractivity contribution in [3.05, 3.63) is 34.0 Å². The molecule has 28 heavy (non-hydrogen) atoms. The summed E-state index contributed by atoms with van der Waals surface area (Å²) >= 11 is 0. The number of phosphoric acid groups is 3. The zero-order valence-corrected chi connectivity index (χ0v) is 16.0. The number of rotatable bonds is 4. The lowest BCUT2D eigenvalue weighted by Crippen LogP contribution is -2.33. The van der Waals surface area contributed by atoms with Crippen LogP contribution in [0, 0.1) is 5.95 Å². The average molecular weight is 467 g/mol. The molecule has 0 bridgehead atoms. The monoisotopic (exact) mass is 467 g/mol. The van der Waals surface area contributed by atoms with Gasteiger partial charge in [0.1, 0.15) is 24.4 Å². The molecule has 0 saturated carbocycles. The highest BCUT2D eigenvalue weighted by Crippen LogP contribution is 2.80. The maximum absolute atomic E-state index is 13.9. The Morgan fingerprint density at radius 1 is 1.07 bits per heavy atom. The first-order valence-corrected chi connectivity index (χ1v) is 11.7. The summed E-state index contributed by atoms with van der Waals surface area (Å²) < 4.78 is 70.3. The zero-order chi connectivity index (χ0) is 20.9. The zero-order valence-electron chi connectivity index (χ0n) is 13.4. The molecule has 2 saturated heterocycles. The van der Waals surface area contributed by atoms with Crippen LogP contribution in [0.15, 0.2) is 16.9 Å². The first-order chi connectivity index (χ1) is 12.8. The van der Waals surface area contributed by atoms with Crippen LogP contribution in [0.3, 0.4) is 0 Å². The minimum absolute atomic E-state index is 0.307. The molecular weight excluding hydrogens is 454 g/mol. The van der Waals surface area contributed by atoms with Crippen molar-refractivity contribution in [1.29, 1.82) is 0 Å². The van der Waals surface area contributed by atoms with Gasteiger partial charge in [0.2, 0.25) is 5.56 Å². The van der Waals surface area contributed by atoms with Crippen molar-refractivity contribution in [3.63, 3.8) is 0 Å². The molecule has 6 atom stereocenters. The molecule has 158 valence electrons. The molecule has 3 heterocycles. The van der Waals surface area contributed by atoms with E-state index in [1.807, 2.05) is 4.98 Å². The average Bonchev–Trinajstić information content (AvgIpc) is 2.78. The molecule has 2 aliphatic heterocycles. The molecule has 2 aliphatic rings. The second kappa shape index (κ2) is 7.47. The van der Waals surface area contributed by atoms with Crippen LogP contribution in [-0.4, -0.2) is 49.9 Å². The van der Waals surface area contributed by atoms with Gasteiger partial charge in [-0.05, 0) is 6.07 Å². The van der Waals surface area contributed by atoms with Crippen LogP contribution in [0.5, 0.6) is 0 Å². The second-order valence-corrected chi connectivity index (χ2v) is 10.6. The Bertz CT molecular complexity index is 938. The van der Waals surface area contributed by atoms with Crippen molar-refractivity contribution >= 4 is 23.5 Å². The molecular formula is C10H13FNO13P3. The summed E-state index contributed by atoms with van der Waals surface area (Å²) in [7, 11) is -15.6. The third kappa shape index (κ3) is 4.68. The standard InChI is InChI=1S/C10H13FNO13P3/c11-10-4(1-2-6(13)12-10)9-8(15)7(14)5(22-9)3-21-28(20)24-26(16,17)23-27(18,19)25-28/h1-2,5,7-9,14-15H,3H2,(H,12,13)(H,16,17)(H,18,19)/t5-,7?,8?,9+/m1/s1. The number of pyridine rings is 1. The van der Waals surface area contributed by atoms with Crippen LogP contribution < -0.4 is 5.56 Å². The van der Waals surface area contributed by atoms with Gasteiger partial charge in [-0.25, -0.2) is 13.7 Å². The fraction of sp³-hybridized carbons (Fsp3) is 0.500. The highest BCUT2D eigenvalue weighted by Gasteiger charge is 2.55. The number of aromatic amines is 1. The Labute approximate surface area is 154 Å². The topological polar surface area (TPSA) is 211 Å². The molecule has 0 aromatic carbocycles. The van der Waals surface area contributed by atoms with E-state index in [1.54, 1.807) is 0 Å². The van der Waals surface area contributed by atoms with Crippen LogP contribution in [-0.2, 0) is 35.9 Å². The second-order valence-electron chi connectivity index (χ2n) is 5.59. The predicted octanol–water partition coefficient (Wildman–Crippen LogP) is 0.0646. The Morgan fingerprint density at radius 2 is 1.68 bits per heavy atom. The summed E-state index contributed by atoms with van der Waals surface area (Å²) in [5, 5.41) is 20.0. The number of aromatic nitrogens is 1. The molecule has 0 amide bonds. The minimum atomic E-state index is -5.25. The number of aliphatic hydroxyl groups excluding tert-OH is 2. The number of hydrogen-bond acceptors (Lipinski definition) is 11. The van der Waals surface area contributed by atoms with Crippen molar-refractivity contribution in [2.24, 2.45) is 0 Å². The molecule has 1 aromatic heterocycles. The maximum atomic E-state index is 13.9.